The van der Waals surface area contributed by atoms with E-state index in [0.29, 0.717) is 44.8 Å². The number of hydrogen-bond donors (Lipinski definition) is 1. The van der Waals surface area contributed by atoms with Crippen molar-refractivity contribution in [3.8, 4) is 0 Å². The van der Waals surface area contributed by atoms with Crippen molar-refractivity contribution in [2.24, 2.45) is 0 Å². The summed E-state index contributed by atoms with van der Waals surface area (Å²) < 4.78 is 12.4. The maximum Gasteiger partial charge on any atom is 0.410 e. The molecule has 1 N–H and O–H groups in total. The molecule has 1 aliphatic heterocycles. The van der Waals surface area contributed by atoms with Crippen LogP contribution in [0, 0.1) is 0 Å². The molecule has 26 heavy (non-hydrogen) atoms. The van der Waals surface area contributed by atoms with Gasteiger partial charge < -0.3 is 14.6 Å². The molecule has 2 rings (SSSR count). The molecule has 0 spiro atoms. The number of nitrogens with zero attached hydrogens (tertiary/aromatic N) is 4. The molecule has 0 radical (unpaired) electrons. The number of rotatable bonds is 7. The second kappa shape index (κ2) is 8.48. The van der Waals surface area contributed by atoms with Gasteiger partial charge in [0.05, 0.1) is 11.7 Å². The first-order valence-electron chi connectivity index (χ1n) is 8.98. The number of carbonyl (C=O) groups is 2. The zero-order valence-electron chi connectivity index (χ0n) is 15.9. The normalized spacial score (nSPS) is 17.5. The van der Waals surface area contributed by atoms with Crippen molar-refractivity contribution >= 4 is 12.1 Å². The average Bonchev–Trinajstić information content (AvgIpc) is 3.16. The van der Waals surface area contributed by atoms with E-state index in [4.69, 9.17) is 9.47 Å². The first-order valence-corrected chi connectivity index (χ1v) is 8.98. The molecule has 1 aliphatic rings. The predicted octanol–water partition coefficient (Wildman–Crippen LogP) is 2.47. The smallest absolute Gasteiger partial charge is 0.410 e. The zero-order chi connectivity index (χ0) is 19.3. The van der Waals surface area contributed by atoms with Crippen molar-refractivity contribution in [1.29, 1.82) is 0 Å². The van der Waals surface area contributed by atoms with Gasteiger partial charge in [-0.25, -0.2) is 14.3 Å². The molecule has 146 valence electrons. The first kappa shape index (κ1) is 20.2. The second-order valence-corrected chi connectivity index (χ2v) is 7.23. The molecular formula is C17H28N4O5. The molecule has 1 aromatic rings. The lowest BCUT2D eigenvalue weighted by atomic mass is 10.1. The van der Waals surface area contributed by atoms with E-state index >= 15 is 0 Å². The molecule has 1 atom stereocenters. The van der Waals surface area contributed by atoms with Crippen LogP contribution in [-0.2, 0) is 16.0 Å². The van der Waals surface area contributed by atoms with Crippen molar-refractivity contribution in [3.05, 3.63) is 11.4 Å². The van der Waals surface area contributed by atoms with Gasteiger partial charge in [0, 0.05) is 26.3 Å². The van der Waals surface area contributed by atoms with Crippen LogP contribution in [-0.4, -0.2) is 62.4 Å². The summed E-state index contributed by atoms with van der Waals surface area (Å²) in [6.07, 6.45) is 1.66. The fraction of sp³-hybridized carbons (Fsp3) is 0.765. The number of carboxylic acids is 1. The third-order valence-corrected chi connectivity index (χ3v) is 4.04. The Hall–Kier alpha value is -2.16. The lowest BCUT2D eigenvalue weighted by molar-refractivity contribution is 0.0215. The average molecular weight is 368 g/mol. The number of hydrogen-bond acceptors (Lipinski definition) is 6. The molecule has 9 heteroatoms. The Morgan fingerprint density at radius 2 is 2.08 bits per heavy atom. The number of ether oxygens (including phenoxy) is 2. The number of carbonyl (C=O) groups excluding carboxylic acids is 1. The molecule has 1 saturated heterocycles. The fourth-order valence-corrected chi connectivity index (χ4v) is 3.02. The van der Waals surface area contributed by atoms with Gasteiger partial charge in [-0.05, 0) is 47.0 Å². The quantitative estimate of drug-likeness (QED) is 0.737. The van der Waals surface area contributed by atoms with E-state index in [9.17, 15) is 14.7 Å². The molecule has 0 saturated carbocycles. The van der Waals surface area contributed by atoms with Crippen LogP contribution >= 0.6 is 0 Å². The Bertz CT molecular complexity index is 638. The lowest BCUT2D eigenvalue weighted by Crippen LogP contribution is -2.37. The minimum atomic E-state index is -1.15. The van der Waals surface area contributed by atoms with Gasteiger partial charge in [0.1, 0.15) is 5.60 Å². The molecule has 2 heterocycles. The van der Waals surface area contributed by atoms with Crippen LogP contribution in [0.1, 0.15) is 69.2 Å². The van der Waals surface area contributed by atoms with Crippen LogP contribution in [0.25, 0.3) is 0 Å². The maximum absolute atomic E-state index is 12.5. The van der Waals surface area contributed by atoms with Gasteiger partial charge in [0.15, 0.2) is 5.69 Å². The summed E-state index contributed by atoms with van der Waals surface area (Å²) in [5, 5.41) is 17.3. The summed E-state index contributed by atoms with van der Waals surface area (Å²) in [4.78, 5) is 25.7. The maximum atomic E-state index is 12.5. The van der Waals surface area contributed by atoms with Gasteiger partial charge >= 0.3 is 12.1 Å². The van der Waals surface area contributed by atoms with E-state index in [-0.39, 0.29) is 5.69 Å². The number of carboxylic acid groups (broad SMARTS) is 1. The van der Waals surface area contributed by atoms with Gasteiger partial charge in [-0.2, -0.15) is 0 Å². The van der Waals surface area contributed by atoms with E-state index in [0.717, 1.165) is 6.42 Å². The van der Waals surface area contributed by atoms with E-state index < -0.39 is 23.7 Å². The molecule has 1 unspecified atom stereocenters. The van der Waals surface area contributed by atoms with Gasteiger partial charge in [0.2, 0.25) is 0 Å². The standard InChI is InChI=1S/C17H28N4O5/c1-5-25-11-7-10-21-14(13(15(22)23)18-19-21)12-8-6-9-20(12)16(24)26-17(2,3)4/h12H,5-11H2,1-4H3,(H,22,23). The van der Waals surface area contributed by atoms with Crippen molar-refractivity contribution in [3.63, 3.8) is 0 Å². The monoisotopic (exact) mass is 368 g/mol. The van der Waals surface area contributed by atoms with Gasteiger partial charge in [-0.1, -0.05) is 5.21 Å². The molecule has 9 nitrogen and oxygen atoms in total. The Morgan fingerprint density at radius 3 is 2.69 bits per heavy atom. The minimum absolute atomic E-state index is 0.109. The zero-order valence-corrected chi connectivity index (χ0v) is 15.9. The van der Waals surface area contributed by atoms with E-state index in [1.54, 1.807) is 30.4 Å². The number of likely N-dealkylation sites (tertiary alicyclic amines) is 1. The highest BCUT2D eigenvalue weighted by molar-refractivity contribution is 5.87. The van der Waals surface area contributed by atoms with Crippen LogP contribution in [0.4, 0.5) is 4.79 Å². The highest BCUT2D eigenvalue weighted by Crippen LogP contribution is 2.34. The van der Waals surface area contributed by atoms with Gasteiger partial charge in [0.25, 0.3) is 0 Å². The van der Waals surface area contributed by atoms with Crippen LogP contribution in [0.3, 0.4) is 0 Å². The minimum Gasteiger partial charge on any atom is -0.476 e. The summed E-state index contributed by atoms with van der Waals surface area (Å²) in [5.41, 5.74) is -0.269. The largest absolute Gasteiger partial charge is 0.476 e. The Balaban J connectivity index is 2.24. The van der Waals surface area contributed by atoms with Gasteiger partial charge in [-0.3, -0.25) is 4.90 Å². The first-order chi connectivity index (χ1) is 12.2. The molecule has 0 aliphatic carbocycles. The van der Waals surface area contributed by atoms with Crippen LogP contribution in [0.2, 0.25) is 0 Å². The van der Waals surface area contributed by atoms with Crippen molar-refractivity contribution in [2.75, 3.05) is 19.8 Å². The Labute approximate surface area is 153 Å². The molecule has 0 bridgehead atoms. The third kappa shape index (κ3) is 4.94. The number of amides is 1. The number of aromatic carboxylic acids is 1. The van der Waals surface area contributed by atoms with Crippen LogP contribution < -0.4 is 0 Å². The topological polar surface area (TPSA) is 107 Å². The van der Waals surface area contributed by atoms with Gasteiger partial charge in [-0.15, -0.1) is 5.10 Å². The highest BCUT2D eigenvalue weighted by atomic mass is 16.6. The predicted molar refractivity (Wildman–Crippen MR) is 93.0 cm³/mol. The van der Waals surface area contributed by atoms with Crippen LogP contribution in [0.15, 0.2) is 0 Å². The molecular weight excluding hydrogens is 340 g/mol. The van der Waals surface area contributed by atoms with E-state index in [1.165, 1.54) is 0 Å². The fourth-order valence-electron chi connectivity index (χ4n) is 3.02. The SMILES string of the molecule is CCOCCCn1nnc(C(=O)O)c1C1CCCN1C(=O)OC(C)(C)C. The highest BCUT2D eigenvalue weighted by Gasteiger charge is 2.38. The summed E-state index contributed by atoms with van der Waals surface area (Å²) in [6, 6.07) is -0.405. The summed E-state index contributed by atoms with van der Waals surface area (Å²) in [6.45, 7) is 9.50. The molecule has 0 aromatic carbocycles. The summed E-state index contributed by atoms with van der Waals surface area (Å²) in [7, 11) is 0. The van der Waals surface area contributed by atoms with E-state index in [1.807, 2.05) is 6.92 Å². The summed E-state index contributed by atoms with van der Waals surface area (Å²) in [5.74, 6) is -1.15. The third-order valence-electron chi connectivity index (χ3n) is 4.04. The van der Waals surface area contributed by atoms with E-state index in [2.05, 4.69) is 10.3 Å². The van der Waals surface area contributed by atoms with Crippen LogP contribution in [0.5, 0.6) is 0 Å². The number of aryl methyl sites for hydroxylation is 1. The Morgan fingerprint density at radius 1 is 1.35 bits per heavy atom. The number of aromatic nitrogens is 3. The molecule has 1 aromatic heterocycles. The molecule has 1 amide bonds. The lowest BCUT2D eigenvalue weighted by Gasteiger charge is -2.29. The molecule has 1 fully saturated rings. The Kier molecular flexibility index (Phi) is 6.57. The second-order valence-electron chi connectivity index (χ2n) is 7.23. The van der Waals surface area contributed by atoms with Crippen molar-refractivity contribution < 1.29 is 24.2 Å². The van der Waals surface area contributed by atoms with Crippen molar-refractivity contribution in [2.45, 2.75) is 65.1 Å². The van der Waals surface area contributed by atoms with Crippen molar-refractivity contribution in [1.82, 2.24) is 19.9 Å². The summed E-state index contributed by atoms with van der Waals surface area (Å²) >= 11 is 0.